The van der Waals surface area contributed by atoms with E-state index in [0.29, 0.717) is 22.8 Å². The summed E-state index contributed by atoms with van der Waals surface area (Å²) in [4.78, 5) is 28.9. The van der Waals surface area contributed by atoms with Crippen molar-refractivity contribution < 1.29 is 27.9 Å². The second-order valence-corrected chi connectivity index (χ2v) is 10.4. The number of pyridine rings is 1. The van der Waals surface area contributed by atoms with Crippen molar-refractivity contribution in [1.82, 2.24) is 14.8 Å². The van der Waals surface area contributed by atoms with Gasteiger partial charge in [-0.25, -0.2) is 13.2 Å². The number of amides is 1. The maximum atomic E-state index is 13.1. The van der Waals surface area contributed by atoms with Gasteiger partial charge >= 0.3 is 5.97 Å². The number of nitrogens with one attached hydrogen (secondary N) is 1. The molecule has 1 atom stereocenters. The molecule has 0 fully saturated rings. The van der Waals surface area contributed by atoms with Gasteiger partial charge in [-0.2, -0.15) is 5.10 Å². The first-order valence-electron chi connectivity index (χ1n) is 11.2. The van der Waals surface area contributed by atoms with Crippen LogP contribution in [0.15, 0.2) is 78.0 Å². The predicted octanol–water partition coefficient (Wildman–Crippen LogP) is 4.35. The minimum Gasteiger partial charge on any atom is -0.480 e. The summed E-state index contributed by atoms with van der Waals surface area (Å²) in [6.07, 6.45) is 4.24. The molecule has 2 heterocycles. The van der Waals surface area contributed by atoms with Crippen molar-refractivity contribution in [2.75, 3.05) is 11.6 Å². The van der Waals surface area contributed by atoms with Gasteiger partial charge in [0, 0.05) is 35.8 Å². The van der Waals surface area contributed by atoms with E-state index < -0.39 is 27.8 Å². The highest BCUT2D eigenvalue weighted by molar-refractivity contribution is 7.90. The molecule has 10 nitrogen and oxygen atoms in total. The number of hydrogen-bond donors (Lipinski definition) is 2. The molecule has 190 valence electrons. The van der Waals surface area contributed by atoms with Crippen LogP contribution in [0.4, 0.5) is 5.82 Å². The van der Waals surface area contributed by atoms with Crippen LogP contribution in [0.5, 0.6) is 11.5 Å². The number of nitrogens with zero attached hydrogens (tertiary/aromatic N) is 3. The van der Waals surface area contributed by atoms with Crippen LogP contribution in [0, 0.1) is 6.92 Å². The molecule has 0 spiro atoms. The number of sulfone groups is 1. The Balaban J connectivity index is 1.67. The summed E-state index contributed by atoms with van der Waals surface area (Å²) in [5, 5.41) is 16.0. The van der Waals surface area contributed by atoms with Crippen molar-refractivity contribution in [3.05, 3.63) is 84.2 Å². The summed E-state index contributed by atoms with van der Waals surface area (Å²) in [5.41, 5.74) is 2.45. The van der Waals surface area contributed by atoms with E-state index >= 15 is 0 Å². The van der Waals surface area contributed by atoms with E-state index in [0.717, 1.165) is 11.8 Å². The number of carbonyl (C=O) groups excluding carboxylic acids is 1. The summed E-state index contributed by atoms with van der Waals surface area (Å²) in [7, 11) is -3.35. The standard InChI is InChI=1S/C26H24N4O6S/c1-16-5-4-11-27-24(16)18-13-19(25(31)28-23-10-12-30(29-23)17(2)26(32)33)15-21(14-18)36-20-6-8-22(9-7-20)37(3,34)35/h4-15,17H,1-3H3,(H,32,33)(H,28,29,31). The van der Waals surface area contributed by atoms with Gasteiger partial charge < -0.3 is 15.2 Å². The number of hydrogen-bond acceptors (Lipinski definition) is 7. The second kappa shape index (κ2) is 10.2. The molecule has 0 saturated carbocycles. The maximum Gasteiger partial charge on any atom is 0.328 e. The van der Waals surface area contributed by atoms with Crippen molar-refractivity contribution in [2.45, 2.75) is 24.8 Å². The number of aliphatic carboxylic acids is 1. The van der Waals surface area contributed by atoms with Crippen LogP contribution in [-0.2, 0) is 14.6 Å². The number of aromatic nitrogens is 3. The Morgan fingerprint density at radius 3 is 2.43 bits per heavy atom. The summed E-state index contributed by atoms with van der Waals surface area (Å²) in [6, 6.07) is 15.2. The Labute approximate surface area is 213 Å². The predicted molar refractivity (Wildman–Crippen MR) is 137 cm³/mol. The minimum atomic E-state index is -3.35. The molecule has 1 unspecified atom stereocenters. The number of benzene rings is 2. The van der Waals surface area contributed by atoms with Crippen LogP contribution in [0.1, 0.15) is 28.9 Å². The van der Waals surface area contributed by atoms with Crippen LogP contribution in [-0.4, -0.2) is 46.4 Å². The van der Waals surface area contributed by atoms with Crippen LogP contribution < -0.4 is 10.1 Å². The Morgan fingerprint density at radius 1 is 1.05 bits per heavy atom. The lowest BCUT2D eigenvalue weighted by Crippen LogP contribution is -2.17. The highest BCUT2D eigenvalue weighted by Gasteiger charge is 2.17. The van der Waals surface area contributed by atoms with E-state index in [9.17, 15) is 23.1 Å². The number of aryl methyl sites for hydroxylation is 1. The van der Waals surface area contributed by atoms with E-state index in [4.69, 9.17) is 4.74 Å². The third-order valence-corrected chi connectivity index (χ3v) is 6.67. The Bertz CT molecular complexity index is 1580. The fourth-order valence-electron chi connectivity index (χ4n) is 3.53. The molecule has 0 saturated heterocycles. The van der Waals surface area contributed by atoms with Gasteiger partial charge in [-0.05, 0) is 67.9 Å². The van der Waals surface area contributed by atoms with E-state index in [2.05, 4.69) is 15.4 Å². The third kappa shape index (κ3) is 6.01. The first-order chi connectivity index (χ1) is 17.5. The number of carboxylic acid groups (broad SMARTS) is 1. The summed E-state index contributed by atoms with van der Waals surface area (Å²) in [6.45, 7) is 3.38. The molecule has 4 rings (SSSR count). The molecule has 2 aromatic heterocycles. The summed E-state index contributed by atoms with van der Waals surface area (Å²) >= 11 is 0. The number of rotatable bonds is 8. The molecular formula is C26H24N4O6S. The smallest absolute Gasteiger partial charge is 0.328 e. The van der Waals surface area contributed by atoms with Gasteiger partial charge in [-0.3, -0.25) is 14.5 Å². The Kier molecular flexibility index (Phi) is 7.07. The molecule has 0 bridgehead atoms. The molecule has 2 aromatic carbocycles. The molecule has 4 aromatic rings. The maximum absolute atomic E-state index is 13.1. The molecule has 2 N–H and O–H groups in total. The van der Waals surface area contributed by atoms with Crippen LogP contribution >= 0.6 is 0 Å². The van der Waals surface area contributed by atoms with Gasteiger partial charge in [0.2, 0.25) is 0 Å². The van der Waals surface area contributed by atoms with Gasteiger partial charge in [-0.1, -0.05) is 6.07 Å². The quantitative estimate of drug-likeness (QED) is 0.349. The van der Waals surface area contributed by atoms with Gasteiger partial charge in [0.1, 0.15) is 17.5 Å². The van der Waals surface area contributed by atoms with E-state index in [1.807, 2.05) is 19.1 Å². The lowest BCUT2D eigenvalue weighted by atomic mass is 10.0. The van der Waals surface area contributed by atoms with Crippen molar-refractivity contribution in [3.63, 3.8) is 0 Å². The minimum absolute atomic E-state index is 0.162. The first kappa shape index (κ1) is 25.6. The van der Waals surface area contributed by atoms with Crippen molar-refractivity contribution in [3.8, 4) is 22.8 Å². The normalized spacial score (nSPS) is 12.1. The zero-order valence-electron chi connectivity index (χ0n) is 20.2. The largest absolute Gasteiger partial charge is 0.480 e. The zero-order valence-corrected chi connectivity index (χ0v) is 21.1. The number of ether oxygens (including phenoxy) is 1. The third-order valence-electron chi connectivity index (χ3n) is 5.54. The van der Waals surface area contributed by atoms with E-state index in [1.54, 1.807) is 24.4 Å². The number of carboxylic acids is 1. The van der Waals surface area contributed by atoms with Crippen LogP contribution in [0.25, 0.3) is 11.3 Å². The monoisotopic (exact) mass is 520 g/mol. The second-order valence-electron chi connectivity index (χ2n) is 8.41. The molecule has 0 aliphatic rings. The van der Waals surface area contributed by atoms with Crippen molar-refractivity contribution in [1.29, 1.82) is 0 Å². The van der Waals surface area contributed by atoms with Gasteiger partial charge in [0.15, 0.2) is 15.7 Å². The lowest BCUT2D eigenvalue weighted by Gasteiger charge is -2.12. The fraction of sp³-hybridized carbons (Fsp3) is 0.154. The summed E-state index contributed by atoms with van der Waals surface area (Å²) < 4.78 is 30.7. The Hall–Kier alpha value is -4.51. The highest BCUT2D eigenvalue weighted by atomic mass is 32.2. The fourth-order valence-corrected chi connectivity index (χ4v) is 4.16. The number of anilines is 1. The number of carbonyl (C=O) groups is 2. The topological polar surface area (TPSA) is 140 Å². The van der Waals surface area contributed by atoms with Gasteiger partial charge in [0.25, 0.3) is 5.91 Å². The SMILES string of the molecule is Cc1cccnc1-c1cc(Oc2ccc(S(C)(=O)=O)cc2)cc(C(=O)Nc2ccn(C(C)C(=O)O)n2)c1. The molecule has 0 radical (unpaired) electrons. The van der Waals surface area contributed by atoms with Crippen molar-refractivity contribution >= 4 is 27.5 Å². The molecule has 1 amide bonds. The average molecular weight is 521 g/mol. The summed E-state index contributed by atoms with van der Waals surface area (Å²) in [5.74, 6) is -0.622. The van der Waals surface area contributed by atoms with Gasteiger partial charge in [-0.15, -0.1) is 0 Å². The molecular weight excluding hydrogens is 496 g/mol. The molecule has 0 aliphatic carbocycles. The zero-order chi connectivity index (χ0) is 26.7. The van der Waals surface area contributed by atoms with Crippen molar-refractivity contribution in [2.24, 2.45) is 0 Å². The van der Waals surface area contributed by atoms with Crippen LogP contribution in [0.3, 0.4) is 0 Å². The lowest BCUT2D eigenvalue weighted by molar-refractivity contribution is -0.140. The van der Waals surface area contributed by atoms with E-state index in [1.165, 1.54) is 48.1 Å². The first-order valence-corrected chi connectivity index (χ1v) is 13.0. The van der Waals surface area contributed by atoms with Crippen LogP contribution in [0.2, 0.25) is 0 Å². The molecule has 0 aliphatic heterocycles. The molecule has 37 heavy (non-hydrogen) atoms. The highest BCUT2D eigenvalue weighted by Crippen LogP contribution is 2.31. The Morgan fingerprint density at radius 2 is 1.78 bits per heavy atom. The average Bonchev–Trinajstić information content (AvgIpc) is 3.31. The van der Waals surface area contributed by atoms with E-state index in [-0.39, 0.29) is 16.3 Å². The molecule has 11 heteroatoms. The van der Waals surface area contributed by atoms with Gasteiger partial charge in [0.05, 0.1) is 10.6 Å².